The zero-order chi connectivity index (χ0) is 28.2. The number of ether oxygens (including phenoxy) is 3. The van der Waals surface area contributed by atoms with Crippen LogP contribution in [-0.2, 0) is 28.6 Å². The van der Waals surface area contributed by atoms with Crippen molar-refractivity contribution in [1.29, 1.82) is 0 Å². The predicted octanol–water partition coefficient (Wildman–Crippen LogP) is 2.51. The lowest BCUT2D eigenvalue weighted by Crippen LogP contribution is -2.56. The quantitative estimate of drug-likeness (QED) is 0.421. The van der Waals surface area contributed by atoms with E-state index >= 15 is 0 Å². The SMILES string of the molecule is CC[C@H]1OC(=O)[C@H](C)C(=O)[C@H](C)[C@@H](O[C@H]2OC(C)CC(N(C)C)C2O)[C@@H](C)C[C@@H](C)C(=O)/C=C/[C@]1(C)O. The van der Waals surface area contributed by atoms with E-state index in [9.17, 15) is 24.6 Å². The van der Waals surface area contributed by atoms with Gasteiger partial charge in [-0.25, -0.2) is 0 Å². The Kier molecular flexibility index (Phi) is 11.0. The summed E-state index contributed by atoms with van der Waals surface area (Å²) in [6.45, 7) is 12.0. The molecule has 0 saturated carbocycles. The van der Waals surface area contributed by atoms with Gasteiger partial charge in [0.2, 0.25) is 0 Å². The summed E-state index contributed by atoms with van der Waals surface area (Å²) in [4.78, 5) is 41.3. The summed E-state index contributed by atoms with van der Waals surface area (Å²) in [5.74, 6) is -3.83. The molecule has 2 rings (SSSR count). The second kappa shape index (κ2) is 12.9. The molecule has 2 aliphatic rings. The summed E-state index contributed by atoms with van der Waals surface area (Å²) < 4.78 is 17.9. The van der Waals surface area contributed by atoms with Crippen LogP contribution in [0.4, 0.5) is 0 Å². The maximum Gasteiger partial charge on any atom is 0.316 e. The number of carbonyl (C=O) groups is 3. The van der Waals surface area contributed by atoms with Gasteiger partial charge in [0.15, 0.2) is 17.9 Å². The first-order chi connectivity index (χ1) is 17.1. The second-order valence-corrected chi connectivity index (χ2v) is 11.5. The number of nitrogens with zero attached hydrogens (tertiary/aromatic N) is 1. The van der Waals surface area contributed by atoms with Crippen LogP contribution < -0.4 is 0 Å². The molecule has 2 heterocycles. The zero-order valence-corrected chi connectivity index (χ0v) is 23.8. The minimum atomic E-state index is -1.57. The molecule has 9 heteroatoms. The van der Waals surface area contributed by atoms with Gasteiger partial charge in [-0.3, -0.25) is 14.4 Å². The van der Waals surface area contributed by atoms with Gasteiger partial charge in [-0.2, -0.15) is 0 Å². The molecule has 0 aromatic rings. The van der Waals surface area contributed by atoms with E-state index in [2.05, 4.69) is 0 Å². The van der Waals surface area contributed by atoms with E-state index in [-0.39, 0.29) is 29.6 Å². The molecule has 37 heavy (non-hydrogen) atoms. The molecule has 0 bridgehead atoms. The summed E-state index contributed by atoms with van der Waals surface area (Å²) in [5.41, 5.74) is -1.57. The van der Waals surface area contributed by atoms with Crippen LogP contribution in [0.15, 0.2) is 12.2 Å². The fourth-order valence-corrected chi connectivity index (χ4v) is 5.42. The standard InChI is InChI=1S/C28H47NO8/c1-10-22-28(7,34)12-11-21(30)15(2)13-16(3)25(18(5)23(31)19(6)26(33)36-22)37-27-24(32)20(29(8)9)14-17(4)35-27/h11-12,15-20,22,24-25,27,32,34H,10,13-14H2,1-9H3/b12-11+/t15-,16+,17?,18+,19-,20?,22-,24?,25+,27-,28+/m1/s1. The number of aliphatic hydroxyl groups is 2. The first-order valence-corrected chi connectivity index (χ1v) is 13.5. The van der Waals surface area contributed by atoms with E-state index in [1.54, 1.807) is 20.8 Å². The number of esters is 1. The number of allylic oxidation sites excluding steroid dienone is 1. The molecule has 2 aliphatic heterocycles. The highest BCUT2D eigenvalue weighted by Crippen LogP contribution is 2.32. The third kappa shape index (κ3) is 7.69. The molecule has 0 spiro atoms. The van der Waals surface area contributed by atoms with Crippen LogP contribution in [0.2, 0.25) is 0 Å². The van der Waals surface area contributed by atoms with Crippen molar-refractivity contribution >= 4 is 17.5 Å². The number of hydrogen-bond acceptors (Lipinski definition) is 9. The van der Waals surface area contributed by atoms with Gasteiger partial charge >= 0.3 is 5.97 Å². The Labute approximate surface area is 221 Å². The average Bonchev–Trinajstić information content (AvgIpc) is 2.83. The fourth-order valence-electron chi connectivity index (χ4n) is 5.42. The summed E-state index contributed by atoms with van der Waals surface area (Å²) in [6.07, 6.45) is 0.318. The smallest absolute Gasteiger partial charge is 0.316 e. The molecule has 2 N–H and O–H groups in total. The Morgan fingerprint density at radius 1 is 1.11 bits per heavy atom. The maximum atomic E-state index is 13.5. The Morgan fingerprint density at radius 2 is 1.73 bits per heavy atom. The lowest BCUT2D eigenvalue weighted by molar-refractivity contribution is -0.278. The van der Waals surface area contributed by atoms with Crippen molar-refractivity contribution in [3.63, 3.8) is 0 Å². The van der Waals surface area contributed by atoms with E-state index in [4.69, 9.17) is 14.2 Å². The second-order valence-electron chi connectivity index (χ2n) is 11.5. The molecule has 1 fully saturated rings. The Bertz CT molecular complexity index is 840. The maximum absolute atomic E-state index is 13.5. The van der Waals surface area contributed by atoms with Crippen LogP contribution in [0.3, 0.4) is 0 Å². The highest BCUT2D eigenvalue weighted by molar-refractivity contribution is 6.00. The molecule has 212 valence electrons. The molecule has 0 radical (unpaired) electrons. The van der Waals surface area contributed by atoms with Gasteiger partial charge in [0, 0.05) is 17.9 Å². The van der Waals surface area contributed by atoms with Gasteiger partial charge < -0.3 is 29.3 Å². The topological polar surface area (TPSA) is 123 Å². The third-order valence-electron chi connectivity index (χ3n) is 7.93. The van der Waals surface area contributed by atoms with Crippen molar-refractivity contribution in [1.82, 2.24) is 4.90 Å². The molecule has 1 saturated heterocycles. The first-order valence-electron chi connectivity index (χ1n) is 13.5. The number of Topliss-reactive ketones (excluding diaryl/α,β-unsaturated/α-hetero) is 1. The Balaban J connectivity index is 2.44. The monoisotopic (exact) mass is 525 g/mol. The third-order valence-corrected chi connectivity index (χ3v) is 7.93. The molecule has 3 unspecified atom stereocenters. The van der Waals surface area contributed by atoms with Crippen molar-refractivity contribution in [2.45, 2.75) is 110 Å². The van der Waals surface area contributed by atoms with Gasteiger partial charge in [-0.15, -0.1) is 0 Å². The normalized spacial score (nSPS) is 43.8. The number of ketones is 2. The summed E-state index contributed by atoms with van der Waals surface area (Å²) >= 11 is 0. The molecule has 0 aliphatic carbocycles. The van der Waals surface area contributed by atoms with Gasteiger partial charge in [0.05, 0.1) is 12.2 Å². The number of cyclic esters (lactones) is 1. The lowest BCUT2D eigenvalue weighted by Gasteiger charge is -2.43. The number of likely N-dealkylation sites (N-methyl/N-ethyl adjacent to an activating group) is 1. The molecule has 0 aromatic carbocycles. The van der Waals surface area contributed by atoms with Gasteiger partial charge in [0.1, 0.15) is 23.7 Å². The highest BCUT2D eigenvalue weighted by Gasteiger charge is 2.44. The van der Waals surface area contributed by atoms with Crippen LogP contribution in [-0.4, -0.2) is 89.1 Å². The lowest BCUT2D eigenvalue weighted by atomic mass is 9.80. The number of aliphatic hydroxyl groups excluding tert-OH is 1. The fraction of sp³-hybridized carbons (Fsp3) is 0.821. The molecular weight excluding hydrogens is 478 g/mol. The van der Waals surface area contributed by atoms with Gasteiger partial charge in [-0.1, -0.05) is 27.7 Å². The molecule has 0 aromatic heterocycles. The minimum absolute atomic E-state index is 0.168. The first kappa shape index (κ1) is 31.6. The van der Waals surface area contributed by atoms with Crippen LogP contribution >= 0.6 is 0 Å². The average molecular weight is 526 g/mol. The molecular formula is C28H47NO8. The van der Waals surface area contributed by atoms with Crippen molar-refractivity contribution in [2.24, 2.45) is 23.7 Å². The van der Waals surface area contributed by atoms with Gasteiger partial charge in [0.25, 0.3) is 0 Å². The zero-order valence-electron chi connectivity index (χ0n) is 23.8. The van der Waals surface area contributed by atoms with E-state index < -0.39 is 53.9 Å². The summed E-state index contributed by atoms with van der Waals surface area (Å²) in [7, 11) is 3.77. The van der Waals surface area contributed by atoms with Crippen LogP contribution in [0.1, 0.15) is 67.7 Å². The highest BCUT2D eigenvalue weighted by atomic mass is 16.7. The van der Waals surface area contributed by atoms with E-state index in [0.717, 1.165) is 0 Å². The summed E-state index contributed by atoms with van der Waals surface area (Å²) in [6, 6.07) is -0.188. The Hall–Kier alpha value is -1.65. The molecule has 11 atom stereocenters. The number of hydrogen-bond donors (Lipinski definition) is 2. The van der Waals surface area contributed by atoms with Crippen molar-refractivity contribution in [3.8, 4) is 0 Å². The number of carbonyl (C=O) groups excluding carboxylic acids is 3. The van der Waals surface area contributed by atoms with E-state index in [1.807, 2.05) is 32.8 Å². The van der Waals surface area contributed by atoms with E-state index in [0.29, 0.717) is 19.3 Å². The predicted molar refractivity (Wildman–Crippen MR) is 139 cm³/mol. The van der Waals surface area contributed by atoms with Crippen LogP contribution in [0.5, 0.6) is 0 Å². The molecule has 9 nitrogen and oxygen atoms in total. The minimum Gasteiger partial charge on any atom is -0.458 e. The largest absolute Gasteiger partial charge is 0.458 e. The van der Waals surface area contributed by atoms with E-state index in [1.165, 1.54) is 26.0 Å². The Morgan fingerprint density at radius 3 is 2.30 bits per heavy atom. The van der Waals surface area contributed by atoms with Crippen molar-refractivity contribution < 1.29 is 38.8 Å². The number of rotatable bonds is 4. The van der Waals surface area contributed by atoms with Crippen LogP contribution in [0.25, 0.3) is 0 Å². The summed E-state index contributed by atoms with van der Waals surface area (Å²) in [5, 5.41) is 21.9. The van der Waals surface area contributed by atoms with Crippen molar-refractivity contribution in [2.75, 3.05) is 14.1 Å². The van der Waals surface area contributed by atoms with Gasteiger partial charge in [-0.05, 0) is 72.2 Å². The molecule has 0 amide bonds. The van der Waals surface area contributed by atoms with Crippen LogP contribution in [0, 0.1) is 23.7 Å². The van der Waals surface area contributed by atoms with Crippen molar-refractivity contribution in [3.05, 3.63) is 12.2 Å².